The van der Waals surface area contributed by atoms with Crippen molar-refractivity contribution in [3.63, 3.8) is 0 Å². The number of anilines is 1. The van der Waals surface area contributed by atoms with Crippen molar-refractivity contribution in [3.8, 4) is 6.07 Å². The van der Waals surface area contributed by atoms with Gasteiger partial charge < -0.3 is 10.6 Å². The van der Waals surface area contributed by atoms with Crippen LogP contribution in [0.3, 0.4) is 0 Å². The Labute approximate surface area is 101 Å². The molecule has 1 heterocycles. The van der Waals surface area contributed by atoms with E-state index in [9.17, 15) is 4.39 Å². The summed E-state index contributed by atoms with van der Waals surface area (Å²) in [5.41, 5.74) is 0.826. The van der Waals surface area contributed by atoms with Crippen molar-refractivity contribution in [2.45, 2.75) is 25.3 Å². The monoisotopic (exact) mass is 233 g/mol. The molecule has 1 aliphatic rings. The van der Waals surface area contributed by atoms with Gasteiger partial charge in [-0.25, -0.2) is 4.39 Å². The predicted octanol–water partition coefficient (Wildman–Crippen LogP) is 2.25. The maximum absolute atomic E-state index is 13.5. The molecular formula is C13H16FN3. The van der Waals surface area contributed by atoms with Crippen LogP contribution in [0.2, 0.25) is 0 Å². The normalized spacial score (nSPS) is 18.9. The molecule has 1 atom stereocenters. The number of benzene rings is 1. The predicted molar refractivity (Wildman–Crippen MR) is 65.2 cm³/mol. The Balaban J connectivity index is 1.84. The molecule has 2 rings (SSSR count). The molecule has 17 heavy (non-hydrogen) atoms. The van der Waals surface area contributed by atoms with Gasteiger partial charge in [0.1, 0.15) is 5.82 Å². The molecule has 0 aliphatic carbocycles. The second-order valence-electron chi connectivity index (χ2n) is 4.32. The maximum Gasteiger partial charge on any atom is 0.147 e. The van der Waals surface area contributed by atoms with Crippen LogP contribution in [-0.2, 0) is 0 Å². The minimum absolute atomic E-state index is 0.352. The highest BCUT2D eigenvalue weighted by atomic mass is 19.1. The van der Waals surface area contributed by atoms with Crippen LogP contribution in [0.4, 0.5) is 10.1 Å². The molecule has 0 amide bonds. The summed E-state index contributed by atoms with van der Waals surface area (Å²) in [5, 5.41) is 15.1. The topological polar surface area (TPSA) is 47.9 Å². The van der Waals surface area contributed by atoms with E-state index in [1.165, 1.54) is 18.9 Å². The van der Waals surface area contributed by atoms with E-state index in [4.69, 9.17) is 5.26 Å². The molecule has 90 valence electrons. The van der Waals surface area contributed by atoms with Gasteiger partial charge in [0.05, 0.1) is 17.3 Å². The van der Waals surface area contributed by atoms with Crippen LogP contribution in [0.15, 0.2) is 18.2 Å². The minimum Gasteiger partial charge on any atom is -0.383 e. The van der Waals surface area contributed by atoms with Crippen LogP contribution >= 0.6 is 0 Å². The average molecular weight is 233 g/mol. The fraction of sp³-hybridized carbons (Fsp3) is 0.462. The molecule has 1 fully saturated rings. The van der Waals surface area contributed by atoms with Crippen LogP contribution in [0.1, 0.15) is 24.8 Å². The summed E-state index contributed by atoms with van der Waals surface area (Å²) in [6.45, 7) is 1.84. The standard InChI is InChI=1S/C13H16FN3/c14-12-8-10(9-15)3-4-13(12)17-7-5-11-2-1-6-16-11/h3-4,8,11,16-17H,1-2,5-7H2/t11-/m0/s1. The van der Waals surface area contributed by atoms with Gasteiger partial charge in [-0.1, -0.05) is 0 Å². The lowest BCUT2D eigenvalue weighted by molar-refractivity contribution is 0.572. The van der Waals surface area contributed by atoms with Gasteiger partial charge in [-0.15, -0.1) is 0 Å². The van der Waals surface area contributed by atoms with Crippen molar-refractivity contribution in [2.24, 2.45) is 0 Å². The molecule has 0 unspecified atom stereocenters. The van der Waals surface area contributed by atoms with Gasteiger partial charge in [0.25, 0.3) is 0 Å². The van der Waals surface area contributed by atoms with Gasteiger partial charge in [0.2, 0.25) is 0 Å². The summed E-state index contributed by atoms with van der Waals surface area (Å²) >= 11 is 0. The van der Waals surface area contributed by atoms with E-state index in [1.807, 2.05) is 6.07 Å². The van der Waals surface area contributed by atoms with Crippen molar-refractivity contribution in [1.29, 1.82) is 5.26 Å². The Hall–Kier alpha value is -1.60. The number of nitriles is 1. The molecule has 0 radical (unpaired) electrons. The lowest BCUT2D eigenvalue weighted by atomic mass is 10.1. The second-order valence-corrected chi connectivity index (χ2v) is 4.32. The average Bonchev–Trinajstić information content (AvgIpc) is 2.84. The molecule has 0 bridgehead atoms. The minimum atomic E-state index is -0.358. The van der Waals surface area contributed by atoms with Crippen LogP contribution in [0.5, 0.6) is 0 Å². The fourth-order valence-electron chi connectivity index (χ4n) is 2.11. The first kappa shape index (κ1) is 11.9. The zero-order chi connectivity index (χ0) is 12.1. The lowest BCUT2D eigenvalue weighted by Crippen LogP contribution is -2.24. The molecule has 4 heteroatoms. The summed E-state index contributed by atoms with van der Waals surface area (Å²) in [7, 11) is 0. The van der Waals surface area contributed by atoms with Crippen molar-refractivity contribution in [3.05, 3.63) is 29.6 Å². The number of halogens is 1. The second kappa shape index (κ2) is 5.65. The highest BCUT2D eigenvalue weighted by Crippen LogP contribution is 2.16. The molecule has 3 nitrogen and oxygen atoms in total. The number of nitrogens with zero attached hydrogens (tertiary/aromatic N) is 1. The first-order valence-electron chi connectivity index (χ1n) is 5.96. The lowest BCUT2D eigenvalue weighted by Gasteiger charge is -2.12. The third-order valence-corrected chi connectivity index (χ3v) is 3.07. The summed E-state index contributed by atoms with van der Waals surface area (Å²) in [4.78, 5) is 0. The smallest absolute Gasteiger partial charge is 0.147 e. The fourth-order valence-corrected chi connectivity index (χ4v) is 2.11. The molecular weight excluding hydrogens is 217 g/mol. The van der Waals surface area contributed by atoms with Crippen molar-refractivity contribution < 1.29 is 4.39 Å². The Bertz CT molecular complexity index is 419. The maximum atomic E-state index is 13.5. The summed E-state index contributed by atoms with van der Waals surface area (Å²) in [6.07, 6.45) is 3.44. The van der Waals surface area contributed by atoms with Crippen molar-refractivity contribution in [1.82, 2.24) is 5.32 Å². The van der Waals surface area contributed by atoms with Gasteiger partial charge in [-0.05, 0) is 44.0 Å². The van der Waals surface area contributed by atoms with Crippen LogP contribution in [0.25, 0.3) is 0 Å². The van der Waals surface area contributed by atoms with E-state index in [2.05, 4.69) is 10.6 Å². The first-order chi connectivity index (χ1) is 8.29. The van der Waals surface area contributed by atoms with Gasteiger partial charge >= 0.3 is 0 Å². The number of hydrogen-bond donors (Lipinski definition) is 2. The zero-order valence-corrected chi connectivity index (χ0v) is 9.67. The largest absolute Gasteiger partial charge is 0.383 e. The first-order valence-corrected chi connectivity index (χ1v) is 5.96. The molecule has 0 spiro atoms. The Morgan fingerprint density at radius 3 is 3.06 bits per heavy atom. The summed E-state index contributed by atoms with van der Waals surface area (Å²) in [6, 6.07) is 6.98. The van der Waals surface area contributed by atoms with Crippen LogP contribution in [0, 0.1) is 17.1 Å². The van der Waals surface area contributed by atoms with Crippen molar-refractivity contribution in [2.75, 3.05) is 18.4 Å². The van der Waals surface area contributed by atoms with Gasteiger partial charge in [0.15, 0.2) is 0 Å². The third-order valence-electron chi connectivity index (χ3n) is 3.07. The highest BCUT2D eigenvalue weighted by Gasteiger charge is 2.13. The molecule has 1 aliphatic heterocycles. The van der Waals surface area contributed by atoms with E-state index in [-0.39, 0.29) is 5.82 Å². The zero-order valence-electron chi connectivity index (χ0n) is 9.67. The van der Waals surface area contributed by atoms with Crippen LogP contribution in [-0.4, -0.2) is 19.1 Å². The Kier molecular flexibility index (Phi) is 3.94. The summed E-state index contributed by atoms with van der Waals surface area (Å²) < 4.78 is 13.5. The number of nitrogens with one attached hydrogen (secondary N) is 2. The van der Waals surface area contributed by atoms with Crippen molar-refractivity contribution >= 4 is 5.69 Å². The third kappa shape index (κ3) is 3.18. The summed E-state index contributed by atoms with van der Waals surface area (Å²) in [5.74, 6) is -0.358. The quantitative estimate of drug-likeness (QED) is 0.838. The SMILES string of the molecule is N#Cc1ccc(NCC[C@@H]2CCCN2)c(F)c1. The Morgan fingerprint density at radius 1 is 1.53 bits per heavy atom. The molecule has 0 saturated carbocycles. The van der Waals surface area contributed by atoms with Gasteiger partial charge in [-0.3, -0.25) is 0 Å². The van der Waals surface area contributed by atoms with Gasteiger partial charge in [-0.2, -0.15) is 5.26 Å². The molecule has 0 aromatic heterocycles. The molecule has 1 aromatic carbocycles. The molecule has 1 saturated heterocycles. The van der Waals surface area contributed by atoms with E-state index in [0.29, 0.717) is 17.3 Å². The molecule has 1 aromatic rings. The molecule has 2 N–H and O–H groups in total. The van der Waals surface area contributed by atoms with E-state index < -0.39 is 0 Å². The highest BCUT2D eigenvalue weighted by molar-refractivity contribution is 5.48. The van der Waals surface area contributed by atoms with E-state index in [1.54, 1.807) is 12.1 Å². The number of hydrogen-bond acceptors (Lipinski definition) is 3. The van der Waals surface area contributed by atoms with Crippen LogP contribution < -0.4 is 10.6 Å². The van der Waals surface area contributed by atoms with E-state index in [0.717, 1.165) is 19.5 Å². The Morgan fingerprint density at radius 2 is 2.41 bits per heavy atom. The van der Waals surface area contributed by atoms with Gasteiger partial charge in [0, 0.05) is 12.6 Å². The number of rotatable bonds is 4. The van der Waals surface area contributed by atoms with E-state index >= 15 is 0 Å².